The lowest BCUT2D eigenvalue weighted by Crippen LogP contribution is -1.98. The van der Waals surface area contributed by atoms with E-state index in [-0.39, 0.29) is 12.8 Å². The maximum atomic E-state index is 11.4. The molecule has 1 rings (SSSR count). The van der Waals surface area contributed by atoms with E-state index >= 15 is 0 Å². The van der Waals surface area contributed by atoms with Crippen molar-refractivity contribution < 1.29 is 18.7 Å². The molecule has 0 heterocycles. The van der Waals surface area contributed by atoms with Crippen LogP contribution in [0, 0.1) is 0 Å². The highest BCUT2D eigenvalue weighted by molar-refractivity contribution is 7.52. The van der Waals surface area contributed by atoms with Crippen molar-refractivity contribution in [3.8, 4) is 5.75 Å². The lowest BCUT2D eigenvalue weighted by molar-refractivity contribution is 0.274. The van der Waals surface area contributed by atoms with Gasteiger partial charge in [-0.1, -0.05) is 12.1 Å². The summed E-state index contributed by atoms with van der Waals surface area (Å²) >= 11 is 0. The Morgan fingerprint density at radius 1 is 1.44 bits per heavy atom. The van der Waals surface area contributed by atoms with E-state index in [0.29, 0.717) is 6.42 Å². The summed E-state index contributed by atoms with van der Waals surface area (Å²) in [5.41, 5.74) is 0.966. The molecular formula is C11H17O4P. The van der Waals surface area contributed by atoms with Gasteiger partial charge in [-0.3, -0.25) is 4.57 Å². The number of benzene rings is 1. The van der Waals surface area contributed by atoms with Gasteiger partial charge in [0.15, 0.2) is 0 Å². The van der Waals surface area contributed by atoms with Gasteiger partial charge in [0, 0.05) is 0 Å². The summed E-state index contributed by atoms with van der Waals surface area (Å²) in [6, 6.07) is 7.45. The molecule has 0 aliphatic carbocycles. The minimum Gasteiger partial charge on any atom is -0.497 e. The molecule has 90 valence electrons. The molecule has 1 N–H and O–H groups in total. The van der Waals surface area contributed by atoms with Gasteiger partial charge in [0.05, 0.1) is 19.9 Å². The molecule has 0 spiro atoms. The first kappa shape index (κ1) is 13.2. The van der Waals surface area contributed by atoms with Gasteiger partial charge >= 0.3 is 7.60 Å². The number of methoxy groups -OCH3 is 1. The average molecular weight is 244 g/mol. The van der Waals surface area contributed by atoms with Gasteiger partial charge in [-0.15, -0.1) is 0 Å². The summed E-state index contributed by atoms with van der Waals surface area (Å²) in [4.78, 5) is 9.40. The minimum absolute atomic E-state index is 0.133. The molecule has 0 radical (unpaired) electrons. The Labute approximate surface area is 95.7 Å². The van der Waals surface area contributed by atoms with Crippen molar-refractivity contribution in [2.75, 3.05) is 19.9 Å². The quantitative estimate of drug-likeness (QED) is 0.781. The molecule has 0 bridgehead atoms. The molecule has 1 unspecified atom stereocenters. The number of hydrogen-bond donors (Lipinski definition) is 1. The van der Waals surface area contributed by atoms with Crippen LogP contribution in [0.25, 0.3) is 0 Å². The lowest BCUT2D eigenvalue weighted by Gasteiger charge is -2.10. The van der Waals surface area contributed by atoms with Crippen molar-refractivity contribution in [3.63, 3.8) is 0 Å². The van der Waals surface area contributed by atoms with E-state index in [1.807, 2.05) is 24.3 Å². The Morgan fingerprint density at radius 3 is 2.81 bits per heavy atom. The SMILES string of the molecule is CCOP(=O)(O)CCc1cccc(OC)c1. The van der Waals surface area contributed by atoms with Crippen molar-refractivity contribution in [2.24, 2.45) is 0 Å². The minimum atomic E-state index is -3.42. The molecule has 0 aliphatic rings. The Bertz CT molecular complexity index is 378. The topological polar surface area (TPSA) is 55.8 Å². The molecule has 0 aliphatic heterocycles. The Balaban J connectivity index is 2.57. The number of rotatable bonds is 6. The summed E-state index contributed by atoms with van der Waals surface area (Å²) in [7, 11) is -1.83. The summed E-state index contributed by atoms with van der Waals surface area (Å²) in [6.07, 6.45) is 0.638. The molecule has 1 aromatic carbocycles. The van der Waals surface area contributed by atoms with Crippen LogP contribution >= 0.6 is 7.60 Å². The second-order valence-corrected chi connectivity index (χ2v) is 5.36. The third-order valence-corrected chi connectivity index (χ3v) is 3.60. The first-order chi connectivity index (χ1) is 7.57. The monoisotopic (exact) mass is 244 g/mol. The standard InChI is InChI=1S/C11H17O4P/c1-3-15-16(12,13)8-7-10-5-4-6-11(9-10)14-2/h4-6,9H,3,7-8H2,1-2H3,(H,12,13). The number of ether oxygens (including phenoxy) is 1. The maximum Gasteiger partial charge on any atom is 0.328 e. The summed E-state index contributed by atoms with van der Waals surface area (Å²) in [5.74, 6) is 0.752. The summed E-state index contributed by atoms with van der Waals surface area (Å²) in [6.45, 7) is 1.96. The number of aryl methyl sites for hydroxylation is 1. The molecule has 1 atom stereocenters. The van der Waals surface area contributed by atoms with Crippen LogP contribution in [0.4, 0.5) is 0 Å². The molecule has 0 amide bonds. The van der Waals surface area contributed by atoms with Gasteiger partial charge in [-0.25, -0.2) is 0 Å². The molecule has 0 saturated carbocycles. The van der Waals surface area contributed by atoms with Crippen molar-refractivity contribution in [3.05, 3.63) is 29.8 Å². The van der Waals surface area contributed by atoms with Crippen molar-refractivity contribution in [1.82, 2.24) is 0 Å². The zero-order chi connectivity index (χ0) is 12.0. The first-order valence-electron chi connectivity index (χ1n) is 5.16. The van der Waals surface area contributed by atoms with E-state index in [0.717, 1.165) is 11.3 Å². The Kier molecular flexibility index (Phi) is 5.00. The van der Waals surface area contributed by atoms with Crippen LogP contribution in [-0.2, 0) is 15.5 Å². The van der Waals surface area contributed by atoms with Crippen LogP contribution < -0.4 is 4.74 Å². The molecule has 4 nitrogen and oxygen atoms in total. The molecule has 0 aromatic heterocycles. The predicted octanol–water partition coefficient (Wildman–Crippen LogP) is 2.46. The molecule has 0 fully saturated rings. The highest BCUT2D eigenvalue weighted by atomic mass is 31.2. The van der Waals surface area contributed by atoms with Crippen LogP contribution in [0.2, 0.25) is 0 Å². The predicted molar refractivity (Wildman–Crippen MR) is 63.0 cm³/mol. The fraction of sp³-hybridized carbons (Fsp3) is 0.455. The normalized spacial score (nSPS) is 14.4. The van der Waals surface area contributed by atoms with E-state index in [1.54, 1.807) is 14.0 Å². The maximum absolute atomic E-state index is 11.4. The van der Waals surface area contributed by atoms with Crippen molar-refractivity contribution in [2.45, 2.75) is 13.3 Å². The highest BCUT2D eigenvalue weighted by Crippen LogP contribution is 2.42. The third kappa shape index (κ3) is 4.35. The van der Waals surface area contributed by atoms with Crippen LogP contribution in [0.5, 0.6) is 5.75 Å². The van der Waals surface area contributed by atoms with Crippen LogP contribution in [0.3, 0.4) is 0 Å². The van der Waals surface area contributed by atoms with Crippen LogP contribution in [0.1, 0.15) is 12.5 Å². The average Bonchev–Trinajstić information content (AvgIpc) is 2.27. The molecule has 1 aromatic rings. The fourth-order valence-corrected chi connectivity index (χ4v) is 2.44. The zero-order valence-electron chi connectivity index (χ0n) is 9.55. The molecular weight excluding hydrogens is 227 g/mol. The van der Waals surface area contributed by atoms with Gasteiger partial charge in [0.25, 0.3) is 0 Å². The van der Waals surface area contributed by atoms with E-state index in [4.69, 9.17) is 9.26 Å². The van der Waals surface area contributed by atoms with Gasteiger partial charge in [-0.2, -0.15) is 0 Å². The second-order valence-electron chi connectivity index (χ2n) is 3.38. The number of hydrogen-bond acceptors (Lipinski definition) is 3. The van der Waals surface area contributed by atoms with Crippen LogP contribution in [-0.4, -0.2) is 24.8 Å². The largest absolute Gasteiger partial charge is 0.497 e. The van der Waals surface area contributed by atoms with Crippen molar-refractivity contribution in [1.29, 1.82) is 0 Å². The summed E-state index contributed by atoms with van der Waals surface area (Å²) in [5, 5.41) is 0. The molecule has 5 heteroatoms. The first-order valence-corrected chi connectivity index (χ1v) is 6.93. The molecule has 0 saturated heterocycles. The van der Waals surface area contributed by atoms with E-state index in [9.17, 15) is 9.46 Å². The van der Waals surface area contributed by atoms with E-state index in [2.05, 4.69) is 0 Å². The van der Waals surface area contributed by atoms with Crippen molar-refractivity contribution >= 4 is 7.60 Å². The van der Waals surface area contributed by atoms with E-state index < -0.39 is 7.60 Å². The van der Waals surface area contributed by atoms with Gasteiger partial charge < -0.3 is 14.2 Å². The smallest absolute Gasteiger partial charge is 0.328 e. The van der Waals surface area contributed by atoms with E-state index in [1.165, 1.54) is 0 Å². The Morgan fingerprint density at radius 2 is 2.19 bits per heavy atom. The van der Waals surface area contributed by atoms with Gasteiger partial charge in [0.1, 0.15) is 5.75 Å². The Hall–Kier alpha value is -0.830. The fourth-order valence-electron chi connectivity index (χ4n) is 1.36. The highest BCUT2D eigenvalue weighted by Gasteiger charge is 2.17. The summed E-state index contributed by atoms with van der Waals surface area (Å²) < 4.78 is 21.3. The second kappa shape index (κ2) is 6.04. The van der Waals surface area contributed by atoms with Gasteiger partial charge in [0.2, 0.25) is 0 Å². The van der Waals surface area contributed by atoms with Gasteiger partial charge in [-0.05, 0) is 31.0 Å². The zero-order valence-corrected chi connectivity index (χ0v) is 10.4. The van der Waals surface area contributed by atoms with Crippen LogP contribution in [0.15, 0.2) is 24.3 Å². The third-order valence-electron chi connectivity index (χ3n) is 2.15. The lowest BCUT2D eigenvalue weighted by atomic mass is 10.2. The molecule has 16 heavy (non-hydrogen) atoms.